The molecule has 4 nitrogen and oxygen atoms in total. The first-order chi connectivity index (χ1) is 41.8. The van der Waals surface area contributed by atoms with Crippen molar-refractivity contribution >= 4 is 80.0 Å². The molecule has 0 spiro atoms. The molecule has 4 aliphatic heterocycles. The minimum atomic E-state index is -0.183. The number of rotatable bonds is 5. The molecule has 0 saturated heterocycles. The molecule has 4 atom stereocenters. The average Bonchev–Trinajstić information content (AvgIpc) is 1.69. The lowest BCUT2D eigenvalue weighted by atomic mass is 9.33. The fourth-order valence-corrected chi connectivity index (χ4v) is 17.6. The third-order valence-corrected chi connectivity index (χ3v) is 23.5. The summed E-state index contributed by atoms with van der Waals surface area (Å²) in [6, 6.07) is 64.1. The Balaban J connectivity index is 1.11. The Bertz CT molecular complexity index is 4160. The summed E-state index contributed by atoms with van der Waals surface area (Å²) < 4.78 is 0. The molecule has 2 saturated carbocycles. The third kappa shape index (κ3) is 8.93. The van der Waals surface area contributed by atoms with E-state index in [9.17, 15) is 0 Å². The van der Waals surface area contributed by atoms with Crippen molar-refractivity contribution in [1.82, 2.24) is 0 Å². The maximum absolute atomic E-state index is 2.86. The van der Waals surface area contributed by atoms with Crippen LogP contribution in [0.4, 0.5) is 56.9 Å². The van der Waals surface area contributed by atoms with Crippen LogP contribution in [-0.2, 0) is 37.9 Å². The Kier molecular flexibility index (Phi) is 13.2. The second kappa shape index (κ2) is 19.8. The summed E-state index contributed by atoms with van der Waals surface area (Å²) in [5.41, 5.74) is 28.6. The molecule has 89 heavy (non-hydrogen) atoms. The zero-order valence-electron chi connectivity index (χ0n) is 57.5. The normalized spacial score (nSPS) is 22.9. The minimum Gasteiger partial charge on any atom is -0.334 e. The van der Waals surface area contributed by atoms with Crippen LogP contribution < -0.4 is 36.0 Å². The number of hydrogen-bond donors (Lipinski definition) is 0. The second-order valence-electron chi connectivity index (χ2n) is 34.2. The van der Waals surface area contributed by atoms with Crippen LogP contribution >= 0.6 is 0 Å². The van der Waals surface area contributed by atoms with Gasteiger partial charge in [0.2, 0.25) is 0 Å². The van der Waals surface area contributed by atoms with E-state index in [1.807, 2.05) is 0 Å². The smallest absolute Gasteiger partial charge is 0.252 e. The van der Waals surface area contributed by atoms with Gasteiger partial charge in [-0.15, -0.1) is 0 Å². The summed E-state index contributed by atoms with van der Waals surface area (Å²) in [6.45, 7) is 45.9. The number of nitrogens with zero attached hydrogens (tertiary/aromatic N) is 4. The van der Waals surface area contributed by atoms with Crippen molar-refractivity contribution in [2.75, 3.05) is 19.6 Å². The lowest BCUT2D eigenvalue weighted by Gasteiger charge is -2.51. The highest BCUT2D eigenvalue weighted by Crippen LogP contribution is 2.64. The molecule has 4 unspecified atom stereocenters. The van der Waals surface area contributed by atoms with Crippen molar-refractivity contribution in [1.29, 1.82) is 0 Å². The van der Waals surface area contributed by atoms with E-state index in [1.54, 1.807) is 0 Å². The molecular formula is C84H99BN4. The van der Waals surface area contributed by atoms with Crippen molar-refractivity contribution in [3.8, 4) is 11.1 Å². The second-order valence-corrected chi connectivity index (χ2v) is 34.2. The van der Waals surface area contributed by atoms with Gasteiger partial charge in [0.1, 0.15) is 0 Å². The van der Waals surface area contributed by atoms with Crippen LogP contribution in [0.3, 0.4) is 0 Å². The van der Waals surface area contributed by atoms with Gasteiger partial charge in [-0.3, -0.25) is 0 Å². The van der Waals surface area contributed by atoms with Crippen molar-refractivity contribution in [2.45, 2.75) is 232 Å². The molecule has 0 radical (unpaired) electrons. The highest BCUT2D eigenvalue weighted by atomic mass is 15.3. The molecule has 0 aromatic heterocycles. The standard InChI is InChI=1S/C84H99BN4/c1-76(2,3)55-29-35-60(36-30-55)86-71-42-37-61(88-69-39-32-57(78(7,8)9)48-64(69)81(16)43-23-25-45-83(81,88)18)51-67(71)85-66-50-59(80(13,14)15)34-41-72(66)87(68-38-31-56(77(4,5)6)47-63(68)54-27-21-20-22-28-54)74-53-62(52-73(86)75(74)85)89-70-40-33-58(79(10,11)12)49-65(70)82(17)44-24-26-46-84(82,89)19/h20-22,27-42,47-53H,23-26,43-46H2,1-19H3. The molecule has 8 aromatic rings. The maximum atomic E-state index is 2.86. The van der Waals surface area contributed by atoms with Gasteiger partial charge in [0.15, 0.2) is 0 Å². The Morgan fingerprint density at radius 2 is 0.719 bits per heavy atom. The van der Waals surface area contributed by atoms with Crippen LogP contribution in [0.1, 0.15) is 222 Å². The van der Waals surface area contributed by atoms with Crippen molar-refractivity contribution in [3.05, 3.63) is 197 Å². The number of benzene rings is 8. The van der Waals surface area contributed by atoms with E-state index < -0.39 is 0 Å². The summed E-state index contributed by atoms with van der Waals surface area (Å²) >= 11 is 0. The van der Waals surface area contributed by atoms with Crippen molar-refractivity contribution in [3.63, 3.8) is 0 Å². The Labute approximate surface area is 536 Å². The molecule has 458 valence electrons. The van der Waals surface area contributed by atoms with Crippen LogP contribution in [0.25, 0.3) is 11.1 Å². The zero-order valence-corrected chi connectivity index (χ0v) is 57.5. The highest BCUT2D eigenvalue weighted by Gasteiger charge is 2.60. The number of hydrogen-bond acceptors (Lipinski definition) is 4. The fourth-order valence-electron chi connectivity index (χ4n) is 17.6. The Morgan fingerprint density at radius 3 is 1.24 bits per heavy atom. The summed E-state index contributed by atoms with van der Waals surface area (Å²) in [4.78, 5) is 11.1. The van der Waals surface area contributed by atoms with Crippen LogP contribution in [0.15, 0.2) is 158 Å². The number of fused-ring (bicyclic) bond motifs is 10. The monoisotopic (exact) mass is 1170 g/mol. The van der Waals surface area contributed by atoms with Gasteiger partial charge in [-0.1, -0.05) is 228 Å². The van der Waals surface area contributed by atoms with E-state index in [1.165, 1.54) is 155 Å². The molecule has 5 heteroatoms. The van der Waals surface area contributed by atoms with Gasteiger partial charge in [0.25, 0.3) is 6.71 Å². The predicted molar refractivity (Wildman–Crippen MR) is 385 cm³/mol. The predicted octanol–water partition coefficient (Wildman–Crippen LogP) is 21.4. The van der Waals surface area contributed by atoms with Gasteiger partial charge in [-0.25, -0.2) is 0 Å². The minimum absolute atomic E-state index is 0.00707. The van der Waals surface area contributed by atoms with Crippen LogP contribution in [0.2, 0.25) is 0 Å². The van der Waals surface area contributed by atoms with Gasteiger partial charge < -0.3 is 19.6 Å². The van der Waals surface area contributed by atoms with E-state index in [0.29, 0.717) is 0 Å². The van der Waals surface area contributed by atoms with Gasteiger partial charge in [0, 0.05) is 67.6 Å². The van der Waals surface area contributed by atoms with Gasteiger partial charge in [0.05, 0.1) is 16.8 Å². The summed E-state index contributed by atoms with van der Waals surface area (Å²) in [7, 11) is 0. The Morgan fingerprint density at radius 1 is 0.326 bits per heavy atom. The van der Waals surface area contributed by atoms with Gasteiger partial charge in [-0.2, -0.15) is 0 Å². The summed E-state index contributed by atoms with van der Waals surface area (Å²) in [6.07, 6.45) is 9.53. The molecule has 2 fully saturated rings. The van der Waals surface area contributed by atoms with E-state index in [-0.39, 0.29) is 55.7 Å². The topological polar surface area (TPSA) is 13.0 Å². The highest BCUT2D eigenvalue weighted by molar-refractivity contribution is 7.00. The summed E-state index contributed by atoms with van der Waals surface area (Å²) in [5, 5.41) is 0. The van der Waals surface area contributed by atoms with Crippen molar-refractivity contribution in [2.24, 2.45) is 0 Å². The third-order valence-electron chi connectivity index (χ3n) is 23.5. The first-order valence-electron chi connectivity index (χ1n) is 34.0. The van der Waals surface area contributed by atoms with Gasteiger partial charge >= 0.3 is 0 Å². The van der Waals surface area contributed by atoms with E-state index >= 15 is 0 Å². The SMILES string of the molecule is CC(C)(C)c1ccc(N2c3ccc(N4c5ccc(C(C)(C)C)cc5C5(C)CCCCC45C)cc3B3c4cc(C(C)(C)C)ccc4N(c4ccc(C(C)(C)C)cc4-c4ccccc4)c4cc(N5c6ccc(C(C)(C)C)cc6C6(C)CCCCC56C)cc2c43)cc1. The van der Waals surface area contributed by atoms with Crippen molar-refractivity contribution < 1.29 is 0 Å². The Hall–Kier alpha value is -6.98. The van der Waals surface area contributed by atoms with Crippen LogP contribution in [0.5, 0.6) is 0 Å². The molecular weight excluding hydrogens is 1080 g/mol. The lowest BCUT2D eigenvalue weighted by Crippen LogP contribution is -2.62. The summed E-state index contributed by atoms with van der Waals surface area (Å²) in [5.74, 6) is 0. The average molecular weight is 1180 g/mol. The van der Waals surface area contributed by atoms with E-state index in [2.05, 4.69) is 309 Å². The molecule has 0 bridgehead atoms. The molecule has 14 rings (SSSR count). The fraction of sp³-hybridized carbons (Fsp3) is 0.429. The molecule has 0 amide bonds. The molecule has 8 aromatic carbocycles. The molecule has 2 aliphatic carbocycles. The first-order valence-corrected chi connectivity index (χ1v) is 34.0. The first kappa shape index (κ1) is 59.6. The van der Waals surface area contributed by atoms with E-state index in [0.717, 1.165) is 19.3 Å². The quantitative estimate of drug-likeness (QED) is 0.159. The molecule has 4 heterocycles. The largest absolute Gasteiger partial charge is 0.334 e. The maximum Gasteiger partial charge on any atom is 0.252 e. The lowest BCUT2D eigenvalue weighted by molar-refractivity contribution is 0.195. The zero-order chi connectivity index (χ0) is 63.1. The molecule has 0 N–H and O–H groups in total. The van der Waals surface area contributed by atoms with Crippen LogP contribution in [0, 0.1) is 0 Å². The van der Waals surface area contributed by atoms with E-state index in [4.69, 9.17) is 0 Å². The van der Waals surface area contributed by atoms with Crippen LogP contribution in [-0.4, -0.2) is 17.8 Å². The number of anilines is 10. The molecule has 6 aliphatic rings. The van der Waals surface area contributed by atoms with Gasteiger partial charge in [-0.05, 0) is 200 Å².